The molecule has 41 heavy (non-hydrogen) atoms. The summed E-state index contributed by atoms with van der Waals surface area (Å²) in [6.07, 6.45) is -2.92. The van der Waals surface area contributed by atoms with E-state index >= 15 is 0 Å². The minimum absolute atomic E-state index is 0.0991. The Labute approximate surface area is 234 Å². The summed E-state index contributed by atoms with van der Waals surface area (Å²) in [6, 6.07) is 11.8. The van der Waals surface area contributed by atoms with Gasteiger partial charge in [-0.2, -0.15) is 0 Å². The fourth-order valence-corrected chi connectivity index (χ4v) is 4.55. The number of hydrogen-bond donors (Lipinski definition) is 6. The Morgan fingerprint density at radius 2 is 1.66 bits per heavy atom. The summed E-state index contributed by atoms with van der Waals surface area (Å²) in [5.74, 6) is -3.18. The molecule has 14 heteroatoms. The van der Waals surface area contributed by atoms with E-state index in [0.717, 1.165) is 0 Å². The Morgan fingerprint density at radius 1 is 1.02 bits per heavy atom. The number of para-hydroxylation sites is 1. The highest BCUT2D eigenvalue weighted by atomic mass is 16.5. The number of amides is 3. The number of fused-ring (bicyclic) bond motifs is 1. The van der Waals surface area contributed by atoms with Gasteiger partial charge in [0.15, 0.2) is 5.84 Å². The molecule has 2 aliphatic rings. The van der Waals surface area contributed by atoms with Gasteiger partial charge in [-0.3, -0.25) is 14.4 Å². The Bertz CT molecular complexity index is 1380. The first-order valence-electron chi connectivity index (χ1n) is 12.8. The molecule has 1 fully saturated rings. The molecule has 0 radical (unpaired) electrons. The van der Waals surface area contributed by atoms with Crippen molar-refractivity contribution in [1.29, 1.82) is 0 Å². The molecule has 3 amide bonds. The first-order chi connectivity index (χ1) is 19.6. The molecule has 14 nitrogen and oxygen atoms in total. The van der Waals surface area contributed by atoms with E-state index in [1.165, 1.54) is 24.3 Å². The molecule has 1 saturated heterocycles. The number of rotatable bonds is 9. The van der Waals surface area contributed by atoms with E-state index in [9.17, 15) is 29.4 Å². The lowest BCUT2D eigenvalue weighted by atomic mass is 10.1. The van der Waals surface area contributed by atoms with Gasteiger partial charge in [0, 0.05) is 29.8 Å². The number of benzene rings is 2. The van der Waals surface area contributed by atoms with Crippen molar-refractivity contribution in [3.63, 3.8) is 0 Å². The lowest BCUT2D eigenvalue weighted by molar-refractivity contribution is -0.162. The van der Waals surface area contributed by atoms with Crippen molar-refractivity contribution in [1.82, 2.24) is 15.5 Å². The molecule has 0 aliphatic carbocycles. The van der Waals surface area contributed by atoms with Crippen molar-refractivity contribution >= 4 is 40.9 Å². The second-order valence-corrected chi connectivity index (χ2v) is 9.57. The van der Waals surface area contributed by atoms with Gasteiger partial charge in [-0.1, -0.05) is 35.5 Å². The molecule has 2 aromatic carbocycles. The monoisotopic (exact) mass is 566 g/mol. The number of likely N-dealkylation sites (tertiary alicyclic amines) is 1. The number of aliphatic carboxylic acids is 1. The average Bonchev–Trinajstić information content (AvgIpc) is 3.32. The second-order valence-electron chi connectivity index (χ2n) is 9.57. The molecule has 2 aromatic rings. The van der Waals surface area contributed by atoms with Crippen molar-refractivity contribution in [2.45, 2.75) is 44.2 Å². The number of nitrogens with zero attached hydrogens (tertiary/aromatic N) is 3. The smallest absolute Gasteiger partial charge is 0.354 e. The molecule has 3 atom stereocenters. The van der Waals surface area contributed by atoms with Crippen LogP contribution >= 0.6 is 0 Å². The maximum Gasteiger partial charge on any atom is 0.354 e. The van der Waals surface area contributed by atoms with Gasteiger partial charge in [-0.05, 0) is 38.0 Å². The van der Waals surface area contributed by atoms with Gasteiger partial charge in [0.2, 0.25) is 12.1 Å². The fourth-order valence-electron chi connectivity index (χ4n) is 4.55. The topological polar surface area (TPSA) is 216 Å². The number of aliphatic imine (C=N–C) groups is 1. The van der Waals surface area contributed by atoms with Crippen LogP contribution < -0.4 is 16.4 Å². The number of carboxylic acid groups (broad SMARTS) is 1. The summed E-state index contributed by atoms with van der Waals surface area (Å²) >= 11 is 0. The third-order valence-corrected chi connectivity index (χ3v) is 6.80. The van der Waals surface area contributed by atoms with Gasteiger partial charge in [0.25, 0.3) is 11.8 Å². The predicted octanol–water partition coefficient (Wildman–Crippen LogP) is 0.254. The van der Waals surface area contributed by atoms with Crippen LogP contribution in [0.1, 0.15) is 47.4 Å². The van der Waals surface area contributed by atoms with Gasteiger partial charge in [0.05, 0.1) is 11.8 Å². The van der Waals surface area contributed by atoms with Crippen molar-refractivity contribution in [2.75, 3.05) is 13.1 Å². The van der Waals surface area contributed by atoms with Crippen LogP contribution in [0.15, 0.2) is 58.7 Å². The zero-order valence-electron chi connectivity index (χ0n) is 22.1. The molecular weight excluding hydrogens is 536 g/mol. The van der Waals surface area contributed by atoms with Crippen molar-refractivity contribution < 1.29 is 39.3 Å². The number of aliphatic hydroxyl groups excluding tert-OH is 1. The highest BCUT2D eigenvalue weighted by molar-refractivity contribution is 6.42. The van der Waals surface area contributed by atoms with Gasteiger partial charge < -0.3 is 41.4 Å². The minimum Gasteiger partial charge on any atom is -0.478 e. The first kappa shape index (κ1) is 29.2. The summed E-state index contributed by atoms with van der Waals surface area (Å²) < 4.78 is 5.63. The highest BCUT2D eigenvalue weighted by Gasteiger charge is 2.35. The molecule has 0 bridgehead atoms. The Hall–Kier alpha value is -4.82. The molecule has 0 aromatic heterocycles. The molecule has 3 unspecified atom stereocenters. The van der Waals surface area contributed by atoms with E-state index in [0.29, 0.717) is 29.7 Å². The fraction of sp³-hybridized carbons (Fsp3) is 0.333. The molecule has 0 saturated carbocycles. The Balaban J connectivity index is 1.27. The number of nitrogens with one attached hydrogen (secondary N) is 2. The summed E-state index contributed by atoms with van der Waals surface area (Å²) in [5.41, 5.74) is 6.88. The van der Waals surface area contributed by atoms with E-state index in [1.807, 2.05) is 0 Å². The van der Waals surface area contributed by atoms with Gasteiger partial charge >= 0.3 is 5.97 Å². The number of nitrogens with two attached hydrogens (primary N) is 1. The van der Waals surface area contributed by atoms with E-state index < -0.39 is 42.3 Å². The minimum atomic E-state index is -1.68. The molecule has 4 rings (SSSR count). The maximum absolute atomic E-state index is 12.9. The molecule has 0 spiro atoms. The predicted molar refractivity (Wildman–Crippen MR) is 145 cm³/mol. The SMILES string of the molecule is CC(NC(=O)c1ccc(/C(N)=N/O)cc1)C(=O)N1CCC(OC(NC(=O)C2=Nc3ccccc3C2O)C(=O)O)CC1. The van der Waals surface area contributed by atoms with Gasteiger partial charge in [0.1, 0.15) is 17.9 Å². The highest BCUT2D eigenvalue weighted by Crippen LogP contribution is 2.33. The van der Waals surface area contributed by atoms with Crippen LogP contribution in [0.2, 0.25) is 0 Å². The zero-order chi connectivity index (χ0) is 29.7. The second kappa shape index (κ2) is 12.6. The molecule has 2 aliphatic heterocycles. The largest absolute Gasteiger partial charge is 0.478 e. The normalized spacial score (nSPS) is 18.6. The van der Waals surface area contributed by atoms with Gasteiger partial charge in [-0.15, -0.1) is 0 Å². The van der Waals surface area contributed by atoms with Crippen LogP contribution in [0, 0.1) is 0 Å². The van der Waals surface area contributed by atoms with E-state index in [4.69, 9.17) is 15.7 Å². The quantitative estimate of drug-likeness (QED) is 0.0805. The molecule has 2 heterocycles. The number of amidine groups is 1. The van der Waals surface area contributed by atoms with Crippen molar-refractivity contribution in [3.8, 4) is 0 Å². The van der Waals surface area contributed by atoms with Crippen LogP contribution in [-0.2, 0) is 19.1 Å². The van der Waals surface area contributed by atoms with E-state index in [-0.39, 0.29) is 36.1 Å². The summed E-state index contributed by atoms with van der Waals surface area (Å²) in [6.45, 7) is 2.06. The number of carbonyl (C=O) groups is 4. The van der Waals surface area contributed by atoms with Crippen LogP contribution in [-0.4, -0.2) is 87.0 Å². The van der Waals surface area contributed by atoms with E-state index in [1.54, 1.807) is 36.1 Å². The van der Waals surface area contributed by atoms with E-state index in [2.05, 4.69) is 20.8 Å². The lowest BCUT2D eigenvalue weighted by Crippen LogP contribution is -2.52. The summed E-state index contributed by atoms with van der Waals surface area (Å²) in [7, 11) is 0. The van der Waals surface area contributed by atoms with Crippen LogP contribution in [0.5, 0.6) is 0 Å². The standard InChI is InChI=1S/C27H30N6O8/c1-14(29-23(35)16-8-6-15(7-9-16)22(28)32-40)26(37)33-12-10-17(11-13-33)41-25(27(38)39)31-24(36)20-21(34)18-4-2-3-5-19(18)30-20/h2-9,14,17,21,25,34,40H,10-13H2,1H3,(H2,28,32)(H,29,35)(H,31,36)(H,38,39). The first-order valence-corrected chi connectivity index (χ1v) is 12.8. The summed E-state index contributed by atoms with van der Waals surface area (Å²) in [4.78, 5) is 55.6. The Kier molecular flexibility index (Phi) is 8.94. The molecule has 7 N–H and O–H groups in total. The maximum atomic E-state index is 12.9. The summed E-state index contributed by atoms with van der Waals surface area (Å²) in [5, 5.41) is 36.6. The number of ether oxygens (including phenoxy) is 1. The van der Waals surface area contributed by atoms with Crippen LogP contribution in [0.25, 0.3) is 0 Å². The van der Waals surface area contributed by atoms with Crippen LogP contribution in [0.3, 0.4) is 0 Å². The number of carbonyl (C=O) groups excluding carboxylic acids is 3. The third-order valence-electron chi connectivity index (χ3n) is 6.80. The lowest BCUT2D eigenvalue weighted by Gasteiger charge is -2.34. The van der Waals surface area contributed by atoms with Crippen molar-refractivity contribution in [3.05, 3.63) is 65.2 Å². The third kappa shape index (κ3) is 6.67. The van der Waals surface area contributed by atoms with Crippen molar-refractivity contribution in [2.24, 2.45) is 15.9 Å². The Morgan fingerprint density at radius 3 is 2.27 bits per heavy atom. The number of aliphatic hydroxyl groups is 1. The number of piperidine rings is 1. The average molecular weight is 567 g/mol. The molecule has 216 valence electrons. The molecular formula is C27H30N6O8. The number of hydrogen-bond acceptors (Lipinski definition) is 9. The zero-order valence-corrected chi connectivity index (χ0v) is 22.1. The van der Waals surface area contributed by atoms with Crippen LogP contribution in [0.4, 0.5) is 5.69 Å². The number of carboxylic acids is 1. The van der Waals surface area contributed by atoms with Gasteiger partial charge in [-0.25, -0.2) is 9.79 Å². The number of oxime groups is 1.